The van der Waals surface area contributed by atoms with Crippen LogP contribution in [0.2, 0.25) is 5.15 Å². The lowest BCUT2D eigenvalue weighted by Crippen LogP contribution is -2.29. The maximum absolute atomic E-state index is 12.1. The van der Waals surface area contributed by atoms with E-state index in [1.54, 1.807) is 0 Å². The molecular formula is C16H21ClN4O. The molecular weight excluding hydrogens is 300 g/mol. The quantitative estimate of drug-likeness (QED) is 0.855. The molecule has 0 aliphatic rings. The smallest absolute Gasteiger partial charge is 0.255 e. The van der Waals surface area contributed by atoms with Gasteiger partial charge in [0.05, 0.1) is 11.9 Å². The first-order chi connectivity index (χ1) is 10.5. The number of carbonyl (C=O) groups excluding carboxylic acids is 1. The Morgan fingerprint density at radius 3 is 2.55 bits per heavy atom. The SMILES string of the molecule is CCN(Cc1ccc(C(=O)Nc2cn[nH]c2Cl)cc1)C(C)C. The first-order valence-corrected chi connectivity index (χ1v) is 7.72. The van der Waals surface area contributed by atoms with Gasteiger partial charge in [-0.3, -0.25) is 14.8 Å². The van der Waals surface area contributed by atoms with Crippen molar-refractivity contribution >= 4 is 23.2 Å². The topological polar surface area (TPSA) is 61.0 Å². The molecule has 1 heterocycles. The van der Waals surface area contributed by atoms with E-state index in [0.717, 1.165) is 13.1 Å². The Morgan fingerprint density at radius 1 is 1.36 bits per heavy atom. The van der Waals surface area contributed by atoms with Gasteiger partial charge in [-0.05, 0) is 38.1 Å². The summed E-state index contributed by atoms with van der Waals surface area (Å²) in [5.74, 6) is -0.203. The molecule has 5 nitrogen and oxygen atoms in total. The molecule has 1 aromatic carbocycles. The van der Waals surface area contributed by atoms with E-state index < -0.39 is 0 Å². The van der Waals surface area contributed by atoms with Gasteiger partial charge in [0.2, 0.25) is 0 Å². The van der Waals surface area contributed by atoms with E-state index in [1.165, 1.54) is 11.8 Å². The van der Waals surface area contributed by atoms with Gasteiger partial charge in [-0.25, -0.2) is 0 Å². The number of nitrogens with one attached hydrogen (secondary N) is 2. The van der Waals surface area contributed by atoms with Crippen molar-refractivity contribution in [2.45, 2.75) is 33.4 Å². The number of anilines is 1. The number of aromatic nitrogens is 2. The van der Waals surface area contributed by atoms with Gasteiger partial charge in [0.1, 0.15) is 5.15 Å². The molecule has 0 unspecified atom stereocenters. The minimum Gasteiger partial charge on any atom is -0.318 e. The van der Waals surface area contributed by atoms with Crippen molar-refractivity contribution in [2.75, 3.05) is 11.9 Å². The molecule has 0 radical (unpaired) electrons. The van der Waals surface area contributed by atoms with Gasteiger partial charge in [0.15, 0.2) is 0 Å². The Bertz CT molecular complexity index is 621. The first kappa shape index (κ1) is 16.5. The van der Waals surface area contributed by atoms with Crippen molar-refractivity contribution in [2.24, 2.45) is 0 Å². The van der Waals surface area contributed by atoms with Crippen LogP contribution in [0.25, 0.3) is 0 Å². The lowest BCUT2D eigenvalue weighted by Gasteiger charge is -2.24. The number of nitrogens with zero attached hydrogens (tertiary/aromatic N) is 2. The number of amides is 1. The van der Waals surface area contributed by atoms with Crippen molar-refractivity contribution in [3.05, 3.63) is 46.7 Å². The van der Waals surface area contributed by atoms with Crippen molar-refractivity contribution in [3.63, 3.8) is 0 Å². The molecule has 0 bridgehead atoms. The van der Waals surface area contributed by atoms with E-state index in [-0.39, 0.29) is 5.91 Å². The average molecular weight is 321 g/mol. The molecule has 22 heavy (non-hydrogen) atoms. The molecule has 2 rings (SSSR count). The molecule has 0 saturated heterocycles. The highest BCUT2D eigenvalue weighted by atomic mass is 35.5. The molecule has 0 fully saturated rings. The van der Waals surface area contributed by atoms with Crippen LogP contribution in [0.1, 0.15) is 36.7 Å². The molecule has 6 heteroatoms. The van der Waals surface area contributed by atoms with Crippen LogP contribution in [0, 0.1) is 0 Å². The third-order valence-electron chi connectivity index (χ3n) is 3.58. The third kappa shape index (κ3) is 4.08. The van der Waals surface area contributed by atoms with Crippen LogP contribution in [-0.2, 0) is 6.54 Å². The average Bonchev–Trinajstić information content (AvgIpc) is 2.90. The zero-order chi connectivity index (χ0) is 16.1. The Balaban J connectivity index is 2.02. The lowest BCUT2D eigenvalue weighted by molar-refractivity contribution is 0.102. The van der Waals surface area contributed by atoms with Crippen LogP contribution in [0.3, 0.4) is 0 Å². The van der Waals surface area contributed by atoms with E-state index >= 15 is 0 Å². The maximum atomic E-state index is 12.1. The minimum atomic E-state index is -0.203. The number of benzene rings is 1. The second-order valence-corrected chi connectivity index (χ2v) is 5.78. The summed E-state index contributed by atoms with van der Waals surface area (Å²) in [6.45, 7) is 8.39. The second kappa shape index (κ2) is 7.42. The summed E-state index contributed by atoms with van der Waals surface area (Å²) >= 11 is 5.86. The Labute approximate surface area is 135 Å². The Morgan fingerprint density at radius 2 is 2.05 bits per heavy atom. The monoisotopic (exact) mass is 320 g/mol. The number of H-pyrrole nitrogens is 1. The highest BCUT2D eigenvalue weighted by molar-refractivity contribution is 6.32. The standard InChI is InChI=1S/C16H21ClN4O/c1-4-21(11(2)3)10-12-5-7-13(8-6-12)16(22)19-14-9-18-20-15(14)17/h5-9,11H,4,10H2,1-3H3,(H,18,20)(H,19,22). The third-order valence-corrected chi connectivity index (χ3v) is 3.87. The van der Waals surface area contributed by atoms with E-state index in [0.29, 0.717) is 22.4 Å². The molecule has 1 aromatic heterocycles. The zero-order valence-electron chi connectivity index (χ0n) is 13.1. The number of rotatable bonds is 6. The maximum Gasteiger partial charge on any atom is 0.255 e. The highest BCUT2D eigenvalue weighted by Crippen LogP contribution is 2.18. The predicted molar refractivity (Wildman–Crippen MR) is 89.2 cm³/mol. The fourth-order valence-corrected chi connectivity index (χ4v) is 2.35. The minimum absolute atomic E-state index is 0.203. The summed E-state index contributed by atoms with van der Waals surface area (Å²) in [5.41, 5.74) is 2.26. The number of hydrogen-bond donors (Lipinski definition) is 2. The predicted octanol–water partition coefficient (Wildman–Crippen LogP) is 3.55. The summed E-state index contributed by atoms with van der Waals surface area (Å²) < 4.78 is 0. The number of aromatic amines is 1. The largest absolute Gasteiger partial charge is 0.318 e. The van der Waals surface area contributed by atoms with E-state index in [1.807, 2.05) is 24.3 Å². The first-order valence-electron chi connectivity index (χ1n) is 7.34. The van der Waals surface area contributed by atoms with Gasteiger partial charge in [0.25, 0.3) is 5.91 Å². The van der Waals surface area contributed by atoms with Crippen molar-refractivity contribution in [1.82, 2.24) is 15.1 Å². The zero-order valence-corrected chi connectivity index (χ0v) is 13.8. The Kier molecular flexibility index (Phi) is 5.57. The van der Waals surface area contributed by atoms with Gasteiger partial charge in [-0.15, -0.1) is 0 Å². The van der Waals surface area contributed by atoms with Crippen LogP contribution in [0.4, 0.5) is 5.69 Å². The molecule has 0 aliphatic heterocycles. The number of carbonyl (C=O) groups is 1. The normalized spacial score (nSPS) is 11.2. The van der Waals surface area contributed by atoms with Crippen molar-refractivity contribution in [3.8, 4) is 0 Å². The molecule has 2 N–H and O–H groups in total. The van der Waals surface area contributed by atoms with E-state index in [2.05, 4.69) is 41.2 Å². The summed E-state index contributed by atoms with van der Waals surface area (Å²) in [5, 5.41) is 9.37. The van der Waals surface area contributed by atoms with Crippen LogP contribution < -0.4 is 5.32 Å². The molecule has 0 atom stereocenters. The molecule has 0 spiro atoms. The van der Waals surface area contributed by atoms with Gasteiger partial charge < -0.3 is 5.32 Å². The molecule has 118 valence electrons. The number of hydrogen-bond acceptors (Lipinski definition) is 3. The Hall–Kier alpha value is -1.85. The summed E-state index contributed by atoms with van der Waals surface area (Å²) in [6, 6.07) is 8.12. The second-order valence-electron chi connectivity index (χ2n) is 5.41. The summed E-state index contributed by atoms with van der Waals surface area (Å²) in [6.07, 6.45) is 1.48. The van der Waals surface area contributed by atoms with Crippen molar-refractivity contribution in [1.29, 1.82) is 0 Å². The fraction of sp³-hybridized carbons (Fsp3) is 0.375. The van der Waals surface area contributed by atoms with Crippen LogP contribution >= 0.6 is 11.6 Å². The van der Waals surface area contributed by atoms with Gasteiger partial charge in [-0.1, -0.05) is 30.7 Å². The lowest BCUT2D eigenvalue weighted by atomic mass is 10.1. The molecule has 0 saturated carbocycles. The molecule has 2 aromatic rings. The highest BCUT2D eigenvalue weighted by Gasteiger charge is 2.11. The van der Waals surface area contributed by atoms with Crippen LogP contribution in [0.5, 0.6) is 0 Å². The molecule has 1 amide bonds. The summed E-state index contributed by atoms with van der Waals surface area (Å²) in [4.78, 5) is 14.5. The van der Waals surface area contributed by atoms with Gasteiger partial charge in [-0.2, -0.15) is 5.10 Å². The van der Waals surface area contributed by atoms with Gasteiger partial charge >= 0.3 is 0 Å². The summed E-state index contributed by atoms with van der Waals surface area (Å²) in [7, 11) is 0. The van der Waals surface area contributed by atoms with Gasteiger partial charge in [0, 0.05) is 18.2 Å². The molecule has 0 aliphatic carbocycles. The van der Waals surface area contributed by atoms with E-state index in [9.17, 15) is 4.79 Å². The van der Waals surface area contributed by atoms with Crippen molar-refractivity contribution < 1.29 is 4.79 Å². The van der Waals surface area contributed by atoms with Crippen LogP contribution in [0.15, 0.2) is 30.5 Å². The van der Waals surface area contributed by atoms with E-state index in [4.69, 9.17) is 11.6 Å². The van der Waals surface area contributed by atoms with Crippen LogP contribution in [-0.4, -0.2) is 33.6 Å². The number of halogens is 1. The fourth-order valence-electron chi connectivity index (χ4n) is 2.21.